The molecule has 1 rings (SSSR count). The molecule has 0 saturated carbocycles. The summed E-state index contributed by atoms with van der Waals surface area (Å²) in [5.41, 5.74) is 2.04. The van der Waals surface area contributed by atoms with E-state index in [0.717, 1.165) is 16.9 Å². The molecule has 3 heteroatoms. The number of carboxylic acid groups (broad SMARTS) is 1. The molecule has 86 valence electrons. The molecule has 0 fully saturated rings. The topological polar surface area (TPSA) is 46.5 Å². The quantitative estimate of drug-likeness (QED) is 0.749. The lowest BCUT2D eigenvalue weighted by Gasteiger charge is -2.10. The lowest BCUT2D eigenvalue weighted by atomic mass is 10.1. The Hall–Kier alpha value is -1.77. The summed E-state index contributed by atoms with van der Waals surface area (Å²) in [5.74, 6) is -0.0528. The van der Waals surface area contributed by atoms with Gasteiger partial charge in [-0.05, 0) is 25.0 Å². The molecule has 3 nitrogen and oxygen atoms in total. The molecule has 0 amide bonds. The monoisotopic (exact) mass is 220 g/mol. The normalized spacial score (nSPS) is 9.81. The van der Waals surface area contributed by atoms with Gasteiger partial charge in [-0.2, -0.15) is 0 Å². The highest BCUT2D eigenvalue weighted by Gasteiger charge is 2.06. The Morgan fingerprint density at radius 2 is 2.31 bits per heavy atom. The van der Waals surface area contributed by atoms with Crippen LogP contribution in [0.3, 0.4) is 0 Å². The van der Waals surface area contributed by atoms with Crippen LogP contribution in [-0.4, -0.2) is 17.7 Å². The van der Waals surface area contributed by atoms with Gasteiger partial charge in [0, 0.05) is 6.42 Å². The van der Waals surface area contributed by atoms with E-state index in [-0.39, 0.29) is 6.42 Å². The van der Waals surface area contributed by atoms with Gasteiger partial charge in [0.25, 0.3) is 0 Å². The van der Waals surface area contributed by atoms with Crippen LogP contribution in [0.4, 0.5) is 0 Å². The Morgan fingerprint density at radius 3 is 2.94 bits per heavy atom. The van der Waals surface area contributed by atoms with Gasteiger partial charge in [0.05, 0.1) is 0 Å². The third-order valence-electron chi connectivity index (χ3n) is 2.18. The van der Waals surface area contributed by atoms with Gasteiger partial charge in [-0.3, -0.25) is 4.79 Å². The molecule has 1 aromatic carbocycles. The van der Waals surface area contributed by atoms with Gasteiger partial charge in [-0.1, -0.05) is 30.4 Å². The highest BCUT2D eigenvalue weighted by Crippen LogP contribution is 2.21. The molecule has 1 N–H and O–H groups in total. The van der Waals surface area contributed by atoms with Crippen LogP contribution in [0.5, 0.6) is 5.75 Å². The molecule has 0 radical (unpaired) electrons. The van der Waals surface area contributed by atoms with Crippen molar-refractivity contribution in [1.29, 1.82) is 0 Å². The second kappa shape index (κ2) is 5.95. The number of aliphatic carboxylic acids is 1. The van der Waals surface area contributed by atoms with E-state index in [1.807, 2.05) is 25.1 Å². The van der Waals surface area contributed by atoms with Crippen molar-refractivity contribution in [2.24, 2.45) is 0 Å². The number of carbonyl (C=O) groups is 1. The molecule has 0 spiro atoms. The molecule has 0 unspecified atom stereocenters. The third kappa shape index (κ3) is 3.77. The first-order valence-corrected chi connectivity index (χ1v) is 5.18. The first-order valence-electron chi connectivity index (χ1n) is 5.18. The molecule has 0 saturated heterocycles. The summed E-state index contributed by atoms with van der Waals surface area (Å²) >= 11 is 0. The summed E-state index contributed by atoms with van der Waals surface area (Å²) in [6.07, 6.45) is 2.28. The summed E-state index contributed by atoms with van der Waals surface area (Å²) in [7, 11) is 0. The first-order chi connectivity index (χ1) is 7.63. The Labute approximate surface area is 95.4 Å². The lowest BCUT2D eigenvalue weighted by Crippen LogP contribution is -2.02. The smallest absolute Gasteiger partial charge is 0.303 e. The molecule has 0 heterocycles. The summed E-state index contributed by atoms with van der Waals surface area (Å²) in [5, 5.41) is 8.65. The van der Waals surface area contributed by atoms with Crippen molar-refractivity contribution in [2.75, 3.05) is 6.61 Å². The van der Waals surface area contributed by atoms with Gasteiger partial charge in [-0.25, -0.2) is 0 Å². The van der Waals surface area contributed by atoms with Gasteiger partial charge in [0.15, 0.2) is 0 Å². The Kier molecular flexibility index (Phi) is 4.58. The van der Waals surface area contributed by atoms with Crippen LogP contribution in [0.2, 0.25) is 0 Å². The van der Waals surface area contributed by atoms with Crippen LogP contribution in [0.25, 0.3) is 0 Å². The van der Waals surface area contributed by atoms with E-state index < -0.39 is 5.97 Å². The molecule has 1 aromatic rings. The molecular weight excluding hydrogens is 204 g/mol. The van der Waals surface area contributed by atoms with E-state index in [1.54, 1.807) is 6.08 Å². The number of benzene rings is 1. The highest BCUT2D eigenvalue weighted by molar-refractivity contribution is 5.67. The fourth-order valence-electron chi connectivity index (χ4n) is 1.43. The van der Waals surface area contributed by atoms with Crippen LogP contribution in [-0.2, 0) is 11.2 Å². The summed E-state index contributed by atoms with van der Waals surface area (Å²) in [6, 6.07) is 5.78. The molecular formula is C13H16O3. The third-order valence-corrected chi connectivity index (χ3v) is 2.18. The second-order valence-corrected chi connectivity index (χ2v) is 3.60. The summed E-state index contributed by atoms with van der Waals surface area (Å²) < 4.78 is 5.46. The van der Waals surface area contributed by atoms with Crippen LogP contribution in [0.15, 0.2) is 30.9 Å². The maximum Gasteiger partial charge on any atom is 0.303 e. The summed E-state index contributed by atoms with van der Waals surface area (Å²) in [4.78, 5) is 10.5. The Bertz CT molecular complexity index is 383. The second-order valence-electron chi connectivity index (χ2n) is 3.60. The van der Waals surface area contributed by atoms with Crippen molar-refractivity contribution in [1.82, 2.24) is 0 Å². The Balaban J connectivity index is 2.80. The van der Waals surface area contributed by atoms with E-state index in [1.165, 1.54) is 0 Å². The number of ether oxygens (including phenoxy) is 1. The predicted molar refractivity (Wildman–Crippen MR) is 62.8 cm³/mol. The van der Waals surface area contributed by atoms with Crippen LogP contribution in [0, 0.1) is 6.92 Å². The minimum absolute atomic E-state index is 0.119. The number of carboxylic acids is 1. The maximum absolute atomic E-state index is 10.5. The molecule has 0 aliphatic rings. The van der Waals surface area contributed by atoms with Crippen molar-refractivity contribution in [3.8, 4) is 5.75 Å². The average Bonchev–Trinajstić information content (AvgIpc) is 2.25. The average molecular weight is 220 g/mol. The minimum atomic E-state index is -0.795. The van der Waals surface area contributed by atoms with E-state index in [9.17, 15) is 4.79 Å². The van der Waals surface area contributed by atoms with Crippen molar-refractivity contribution in [3.63, 3.8) is 0 Å². The molecule has 16 heavy (non-hydrogen) atoms. The fourth-order valence-corrected chi connectivity index (χ4v) is 1.43. The number of rotatable bonds is 6. The maximum atomic E-state index is 10.5. The van der Waals surface area contributed by atoms with Crippen molar-refractivity contribution in [2.45, 2.75) is 19.8 Å². The molecule has 0 bridgehead atoms. The van der Waals surface area contributed by atoms with Gasteiger partial charge < -0.3 is 9.84 Å². The fraction of sp³-hybridized carbons (Fsp3) is 0.308. The zero-order valence-corrected chi connectivity index (χ0v) is 9.40. The Morgan fingerprint density at radius 1 is 1.56 bits per heavy atom. The van der Waals surface area contributed by atoms with E-state index in [2.05, 4.69) is 6.58 Å². The summed E-state index contributed by atoms with van der Waals surface area (Å²) in [6.45, 7) is 5.99. The van der Waals surface area contributed by atoms with Crippen molar-refractivity contribution in [3.05, 3.63) is 42.0 Å². The molecule has 0 atom stereocenters. The molecule has 0 aliphatic carbocycles. The van der Waals surface area contributed by atoms with E-state index >= 15 is 0 Å². The van der Waals surface area contributed by atoms with Crippen molar-refractivity contribution < 1.29 is 14.6 Å². The SMILES string of the molecule is C=CCOc1ccc(C)cc1CCC(=O)O. The zero-order valence-electron chi connectivity index (χ0n) is 9.40. The molecule has 0 aromatic heterocycles. The number of hydrogen-bond acceptors (Lipinski definition) is 2. The van der Waals surface area contributed by atoms with Crippen LogP contribution < -0.4 is 4.74 Å². The largest absolute Gasteiger partial charge is 0.489 e. The number of hydrogen-bond donors (Lipinski definition) is 1. The van der Waals surface area contributed by atoms with Crippen LogP contribution in [0.1, 0.15) is 17.5 Å². The lowest BCUT2D eigenvalue weighted by molar-refractivity contribution is -0.136. The standard InChI is InChI=1S/C13H16O3/c1-3-8-16-12-6-4-10(2)9-11(12)5-7-13(14)15/h3-4,6,9H,1,5,7-8H2,2H3,(H,14,15). The van der Waals surface area contributed by atoms with Crippen molar-refractivity contribution >= 4 is 5.97 Å². The minimum Gasteiger partial charge on any atom is -0.489 e. The molecule has 0 aliphatic heterocycles. The highest BCUT2D eigenvalue weighted by atomic mass is 16.5. The van der Waals surface area contributed by atoms with E-state index in [4.69, 9.17) is 9.84 Å². The van der Waals surface area contributed by atoms with E-state index in [0.29, 0.717) is 13.0 Å². The van der Waals surface area contributed by atoms with Gasteiger partial charge in [-0.15, -0.1) is 0 Å². The van der Waals surface area contributed by atoms with Gasteiger partial charge in [0.1, 0.15) is 12.4 Å². The van der Waals surface area contributed by atoms with Gasteiger partial charge >= 0.3 is 5.97 Å². The number of aryl methyl sites for hydroxylation is 2. The van der Waals surface area contributed by atoms with Crippen LogP contribution >= 0.6 is 0 Å². The first kappa shape index (κ1) is 12.3. The van der Waals surface area contributed by atoms with Gasteiger partial charge in [0.2, 0.25) is 0 Å². The zero-order chi connectivity index (χ0) is 12.0. The predicted octanol–water partition coefficient (Wildman–Crippen LogP) is 2.58.